The molecule has 1 aromatic carbocycles. The van der Waals surface area contributed by atoms with Gasteiger partial charge < -0.3 is 5.32 Å². The minimum absolute atomic E-state index is 0.276. The second-order valence-corrected chi connectivity index (χ2v) is 6.46. The highest BCUT2D eigenvalue weighted by atomic mass is 32.2. The van der Waals surface area contributed by atoms with E-state index in [4.69, 9.17) is 0 Å². The van der Waals surface area contributed by atoms with Crippen molar-refractivity contribution in [3.63, 3.8) is 0 Å². The van der Waals surface area contributed by atoms with Crippen LogP contribution in [-0.2, 0) is 10.0 Å². The minimum atomic E-state index is -3.93. The molecule has 1 unspecified atom stereocenters. The maximum atomic E-state index is 12.4. The van der Waals surface area contributed by atoms with Crippen LogP contribution in [-0.4, -0.2) is 25.9 Å². The van der Waals surface area contributed by atoms with E-state index in [1.807, 2.05) is 13.8 Å². The monoisotopic (exact) mass is 315 g/mol. The lowest BCUT2D eigenvalue weighted by Crippen LogP contribution is -2.32. The molecule has 0 aliphatic heterocycles. The highest BCUT2D eigenvalue weighted by Crippen LogP contribution is 2.27. The smallest absolute Gasteiger partial charge is 0.289 e. The van der Waals surface area contributed by atoms with Crippen molar-refractivity contribution in [2.24, 2.45) is 0 Å². The molecule has 2 N–H and O–H groups in total. The number of hydrogen-bond acceptors (Lipinski definition) is 5. The molecule has 0 fully saturated rings. The second-order valence-electron chi connectivity index (χ2n) is 4.78. The molecular weight excluding hydrogens is 294 g/mol. The summed E-state index contributed by atoms with van der Waals surface area (Å²) in [5.74, 6) is 0. The van der Waals surface area contributed by atoms with E-state index in [1.54, 1.807) is 6.92 Å². The van der Waals surface area contributed by atoms with Crippen LogP contribution in [0.2, 0.25) is 0 Å². The van der Waals surface area contributed by atoms with Crippen molar-refractivity contribution in [3.05, 3.63) is 28.3 Å². The topological polar surface area (TPSA) is 101 Å². The number of nitrogens with zero attached hydrogens (tertiary/aromatic N) is 1. The Labute approximate surface area is 124 Å². The van der Waals surface area contributed by atoms with Gasteiger partial charge in [0.05, 0.1) is 4.92 Å². The molecule has 0 aromatic heterocycles. The number of nitro groups is 1. The van der Waals surface area contributed by atoms with E-state index in [0.717, 1.165) is 6.42 Å². The fourth-order valence-electron chi connectivity index (χ4n) is 2.01. The van der Waals surface area contributed by atoms with Crippen LogP contribution in [0.5, 0.6) is 0 Å². The molecule has 1 rings (SSSR count). The lowest BCUT2D eigenvalue weighted by atomic mass is 10.2. The standard InChI is InChI=1S/C13H21N3O4S/c1-4-6-10(3)15-21(19,20)13-9-11(14-5-2)7-8-12(13)16(17)18/h7-10,14-15H,4-6H2,1-3H3. The Bertz CT molecular complexity index is 601. The number of benzene rings is 1. The largest absolute Gasteiger partial charge is 0.385 e. The summed E-state index contributed by atoms with van der Waals surface area (Å²) in [6.07, 6.45) is 1.49. The van der Waals surface area contributed by atoms with Crippen molar-refractivity contribution in [2.45, 2.75) is 44.6 Å². The van der Waals surface area contributed by atoms with Crippen LogP contribution in [0.4, 0.5) is 11.4 Å². The average Bonchev–Trinajstić information content (AvgIpc) is 2.38. The van der Waals surface area contributed by atoms with Gasteiger partial charge in [0, 0.05) is 24.3 Å². The Morgan fingerprint density at radius 2 is 2.00 bits per heavy atom. The van der Waals surface area contributed by atoms with Gasteiger partial charge in [0.15, 0.2) is 4.90 Å². The molecule has 0 saturated heterocycles. The lowest BCUT2D eigenvalue weighted by Gasteiger charge is -2.14. The SMILES string of the molecule is CCCC(C)NS(=O)(=O)c1cc(NCC)ccc1[N+](=O)[O-]. The highest BCUT2D eigenvalue weighted by Gasteiger charge is 2.27. The van der Waals surface area contributed by atoms with Gasteiger partial charge in [-0.25, -0.2) is 13.1 Å². The van der Waals surface area contributed by atoms with Crippen molar-refractivity contribution >= 4 is 21.4 Å². The first-order chi connectivity index (χ1) is 9.81. The van der Waals surface area contributed by atoms with Crippen molar-refractivity contribution in [2.75, 3.05) is 11.9 Å². The molecule has 0 spiro atoms. The van der Waals surface area contributed by atoms with Gasteiger partial charge in [0.1, 0.15) is 0 Å². The van der Waals surface area contributed by atoms with E-state index in [1.165, 1.54) is 18.2 Å². The van der Waals surface area contributed by atoms with Gasteiger partial charge >= 0.3 is 0 Å². The number of sulfonamides is 1. The molecule has 21 heavy (non-hydrogen) atoms. The van der Waals surface area contributed by atoms with Crippen molar-refractivity contribution < 1.29 is 13.3 Å². The summed E-state index contributed by atoms with van der Waals surface area (Å²) in [6, 6.07) is 3.72. The van der Waals surface area contributed by atoms with E-state index < -0.39 is 20.6 Å². The van der Waals surface area contributed by atoms with Crippen LogP contribution < -0.4 is 10.0 Å². The molecule has 0 aliphatic rings. The third-order valence-electron chi connectivity index (χ3n) is 2.90. The fourth-order valence-corrected chi connectivity index (χ4v) is 3.49. The number of anilines is 1. The van der Waals surface area contributed by atoms with Crippen LogP contribution in [0.3, 0.4) is 0 Å². The maximum Gasteiger partial charge on any atom is 0.289 e. The molecule has 7 nitrogen and oxygen atoms in total. The van der Waals surface area contributed by atoms with Gasteiger partial charge in [-0.2, -0.15) is 0 Å². The first kappa shape index (κ1) is 17.4. The number of nitrogens with one attached hydrogen (secondary N) is 2. The number of rotatable bonds is 8. The zero-order chi connectivity index (χ0) is 16.0. The van der Waals surface area contributed by atoms with Crippen LogP contribution in [0, 0.1) is 10.1 Å². The van der Waals surface area contributed by atoms with Crippen LogP contribution in [0.25, 0.3) is 0 Å². The third kappa shape index (κ3) is 4.68. The first-order valence-electron chi connectivity index (χ1n) is 6.86. The summed E-state index contributed by atoms with van der Waals surface area (Å²) in [4.78, 5) is 10.0. The molecule has 1 aromatic rings. The van der Waals surface area contributed by atoms with Crippen molar-refractivity contribution in [1.29, 1.82) is 0 Å². The van der Waals surface area contributed by atoms with Gasteiger partial charge in [-0.1, -0.05) is 13.3 Å². The fraction of sp³-hybridized carbons (Fsp3) is 0.538. The van der Waals surface area contributed by atoms with Gasteiger partial charge in [-0.3, -0.25) is 10.1 Å². The highest BCUT2D eigenvalue weighted by molar-refractivity contribution is 7.89. The predicted molar refractivity (Wildman–Crippen MR) is 82.0 cm³/mol. The van der Waals surface area contributed by atoms with E-state index in [-0.39, 0.29) is 10.9 Å². The van der Waals surface area contributed by atoms with Crippen molar-refractivity contribution in [1.82, 2.24) is 4.72 Å². The molecule has 0 amide bonds. The van der Waals surface area contributed by atoms with E-state index in [9.17, 15) is 18.5 Å². The normalized spacial score (nSPS) is 12.9. The Morgan fingerprint density at radius 3 is 2.52 bits per heavy atom. The van der Waals surface area contributed by atoms with E-state index in [0.29, 0.717) is 18.7 Å². The molecule has 0 aliphatic carbocycles. The molecule has 118 valence electrons. The Morgan fingerprint density at radius 1 is 1.33 bits per heavy atom. The lowest BCUT2D eigenvalue weighted by molar-refractivity contribution is -0.387. The van der Waals surface area contributed by atoms with Gasteiger partial charge in [-0.15, -0.1) is 0 Å². The maximum absolute atomic E-state index is 12.4. The summed E-state index contributed by atoms with van der Waals surface area (Å²) in [6.45, 7) is 6.13. The molecule has 1 atom stereocenters. The summed E-state index contributed by atoms with van der Waals surface area (Å²) >= 11 is 0. The molecule has 0 bridgehead atoms. The summed E-state index contributed by atoms with van der Waals surface area (Å²) < 4.78 is 27.2. The molecule has 0 saturated carbocycles. The zero-order valence-corrected chi connectivity index (χ0v) is 13.2. The van der Waals surface area contributed by atoms with Crippen LogP contribution in [0.1, 0.15) is 33.6 Å². The Kier molecular flexibility index (Phi) is 6.10. The third-order valence-corrected chi connectivity index (χ3v) is 4.52. The van der Waals surface area contributed by atoms with Gasteiger partial charge in [0.25, 0.3) is 5.69 Å². The molecule has 0 radical (unpaired) electrons. The van der Waals surface area contributed by atoms with E-state index in [2.05, 4.69) is 10.0 Å². The van der Waals surface area contributed by atoms with Gasteiger partial charge in [-0.05, 0) is 32.4 Å². The summed E-state index contributed by atoms with van der Waals surface area (Å²) in [7, 11) is -3.93. The van der Waals surface area contributed by atoms with Crippen LogP contribution >= 0.6 is 0 Å². The van der Waals surface area contributed by atoms with Crippen LogP contribution in [0.15, 0.2) is 23.1 Å². The summed E-state index contributed by atoms with van der Waals surface area (Å²) in [5.41, 5.74) is 0.111. The van der Waals surface area contributed by atoms with E-state index >= 15 is 0 Å². The first-order valence-corrected chi connectivity index (χ1v) is 8.34. The Balaban J connectivity index is 3.23. The Hall–Kier alpha value is -1.67. The quantitative estimate of drug-likeness (QED) is 0.567. The summed E-state index contributed by atoms with van der Waals surface area (Å²) in [5, 5.41) is 14.0. The van der Waals surface area contributed by atoms with Crippen molar-refractivity contribution in [3.8, 4) is 0 Å². The number of hydrogen-bond donors (Lipinski definition) is 2. The minimum Gasteiger partial charge on any atom is -0.385 e. The predicted octanol–water partition coefficient (Wildman–Crippen LogP) is 2.49. The molecular formula is C13H21N3O4S. The van der Waals surface area contributed by atoms with Gasteiger partial charge in [0.2, 0.25) is 10.0 Å². The zero-order valence-electron chi connectivity index (χ0n) is 12.4. The number of nitro benzene ring substituents is 1. The molecule has 0 heterocycles. The second kappa shape index (κ2) is 7.37. The average molecular weight is 315 g/mol. The molecule has 8 heteroatoms.